The number of amides is 1. The van der Waals surface area contributed by atoms with Crippen LogP contribution in [0.5, 0.6) is 5.75 Å². The van der Waals surface area contributed by atoms with Gasteiger partial charge >= 0.3 is 12.1 Å². The van der Waals surface area contributed by atoms with Crippen molar-refractivity contribution in [2.24, 2.45) is 0 Å². The lowest BCUT2D eigenvalue weighted by molar-refractivity contribution is -0.137. The summed E-state index contributed by atoms with van der Waals surface area (Å²) in [5.74, 6) is -1.50. The van der Waals surface area contributed by atoms with E-state index in [1.807, 2.05) is 0 Å². The Kier molecular flexibility index (Phi) is 3.87. The normalized spacial score (nSPS) is 10.7. The van der Waals surface area contributed by atoms with E-state index in [2.05, 4.69) is 4.98 Å². The molecule has 0 fully saturated rings. The average Bonchev–Trinajstić information content (AvgIpc) is 2.55. The van der Waals surface area contributed by atoms with Crippen LogP contribution in [0.4, 0.5) is 4.79 Å². The van der Waals surface area contributed by atoms with Gasteiger partial charge in [0.05, 0.1) is 0 Å². The van der Waals surface area contributed by atoms with Gasteiger partial charge in [-0.05, 0) is 24.3 Å². The van der Waals surface area contributed by atoms with Crippen LogP contribution >= 0.6 is 0 Å². The highest BCUT2D eigenvalue weighted by atomic mass is 16.6. The standard InChI is InChI=1S/C16H12N2O6/c1-18(8-13(20)21)16(22)24-15-11(19)7-6-10-14(15)23-12-5-3-2-4-9(12)17-10/h2-7H,8H2,1H3,(H,20,21). The minimum Gasteiger partial charge on any atom is -0.480 e. The fourth-order valence-electron chi connectivity index (χ4n) is 2.13. The van der Waals surface area contributed by atoms with E-state index in [0.29, 0.717) is 16.8 Å². The summed E-state index contributed by atoms with van der Waals surface area (Å²) in [5.41, 5.74) is 0.785. The minimum absolute atomic E-state index is 0.0262. The Balaban J connectivity index is 2.05. The number of carbonyl (C=O) groups is 2. The molecule has 0 saturated carbocycles. The average molecular weight is 328 g/mol. The Labute approximate surface area is 135 Å². The zero-order valence-corrected chi connectivity index (χ0v) is 12.6. The van der Waals surface area contributed by atoms with Crippen LogP contribution in [0.15, 0.2) is 45.6 Å². The summed E-state index contributed by atoms with van der Waals surface area (Å²) >= 11 is 0. The number of ether oxygens (including phenoxy) is 1. The van der Waals surface area contributed by atoms with Crippen molar-refractivity contribution in [3.05, 3.63) is 46.6 Å². The third kappa shape index (κ3) is 2.89. The predicted octanol–water partition coefficient (Wildman–Crippen LogP) is 1.81. The van der Waals surface area contributed by atoms with Crippen molar-refractivity contribution in [1.82, 2.24) is 9.88 Å². The van der Waals surface area contributed by atoms with Crippen molar-refractivity contribution in [3.8, 4) is 17.2 Å². The predicted molar refractivity (Wildman–Crippen MR) is 83.2 cm³/mol. The van der Waals surface area contributed by atoms with Gasteiger partial charge in [-0.1, -0.05) is 12.1 Å². The van der Waals surface area contributed by atoms with Crippen molar-refractivity contribution in [2.45, 2.75) is 0 Å². The Morgan fingerprint density at radius 2 is 2.00 bits per heavy atom. The lowest BCUT2D eigenvalue weighted by Gasteiger charge is -2.15. The van der Waals surface area contributed by atoms with Crippen molar-refractivity contribution in [3.63, 3.8) is 0 Å². The molecule has 0 radical (unpaired) electrons. The van der Waals surface area contributed by atoms with E-state index in [9.17, 15) is 14.4 Å². The highest BCUT2D eigenvalue weighted by molar-refractivity contribution is 5.81. The zero-order valence-electron chi connectivity index (χ0n) is 12.6. The van der Waals surface area contributed by atoms with Gasteiger partial charge in [0, 0.05) is 7.05 Å². The summed E-state index contributed by atoms with van der Waals surface area (Å²) in [5, 5.41) is 8.70. The highest BCUT2D eigenvalue weighted by Gasteiger charge is 2.23. The van der Waals surface area contributed by atoms with Crippen LogP contribution < -0.4 is 10.2 Å². The van der Waals surface area contributed by atoms with E-state index in [-0.39, 0.29) is 11.5 Å². The van der Waals surface area contributed by atoms with E-state index < -0.39 is 24.0 Å². The van der Waals surface area contributed by atoms with Crippen molar-refractivity contribution in [1.29, 1.82) is 0 Å². The molecule has 1 amide bonds. The molecule has 0 spiro atoms. The van der Waals surface area contributed by atoms with Crippen LogP contribution in [0.1, 0.15) is 0 Å². The highest BCUT2D eigenvalue weighted by Crippen LogP contribution is 2.30. The van der Waals surface area contributed by atoms with Gasteiger partial charge in [-0.25, -0.2) is 9.78 Å². The second kappa shape index (κ2) is 5.99. The maximum absolute atomic E-state index is 12.0. The number of hydrogen-bond donors (Lipinski definition) is 1. The van der Waals surface area contributed by atoms with Gasteiger partial charge < -0.3 is 14.3 Å². The second-order valence-corrected chi connectivity index (χ2v) is 5.04. The molecule has 0 atom stereocenters. The quantitative estimate of drug-likeness (QED) is 0.730. The molecule has 1 aliphatic carbocycles. The van der Waals surface area contributed by atoms with Crippen LogP contribution in [0.2, 0.25) is 0 Å². The summed E-state index contributed by atoms with van der Waals surface area (Å²) in [6.45, 7) is -0.559. The first-order valence-electron chi connectivity index (χ1n) is 6.93. The first-order valence-corrected chi connectivity index (χ1v) is 6.93. The summed E-state index contributed by atoms with van der Waals surface area (Å²) in [6.07, 6.45) is -0.981. The molecule has 24 heavy (non-hydrogen) atoms. The van der Waals surface area contributed by atoms with Gasteiger partial charge in [0.2, 0.25) is 11.2 Å². The molecule has 1 aromatic carbocycles. The van der Waals surface area contributed by atoms with Crippen molar-refractivity contribution < 1.29 is 23.8 Å². The van der Waals surface area contributed by atoms with Crippen LogP contribution in [0, 0.1) is 0 Å². The number of likely N-dealkylation sites (N-methyl/N-ethyl adjacent to an activating group) is 1. The summed E-state index contributed by atoms with van der Waals surface area (Å²) in [4.78, 5) is 39.8. The third-order valence-electron chi connectivity index (χ3n) is 3.25. The Bertz CT molecular complexity index is 964. The smallest absolute Gasteiger partial charge is 0.415 e. The number of aliphatic carboxylic acids is 1. The van der Waals surface area contributed by atoms with Gasteiger partial charge in [-0.3, -0.25) is 14.5 Å². The summed E-state index contributed by atoms with van der Waals surface area (Å²) in [6, 6.07) is 9.62. The van der Waals surface area contributed by atoms with Crippen LogP contribution in [0.3, 0.4) is 0 Å². The molecule has 8 heteroatoms. The number of fused-ring (bicyclic) bond motifs is 2. The maximum Gasteiger partial charge on any atom is 0.415 e. The molecule has 2 aliphatic rings. The van der Waals surface area contributed by atoms with Gasteiger partial charge in [-0.15, -0.1) is 0 Å². The van der Waals surface area contributed by atoms with Gasteiger partial charge in [0.1, 0.15) is 17.8 Å². The summed E-state index contributed by atoms with van der Waals surface area (Å²) < 4.78 is 10.7. The number of benzene rings is 2. The van der Waals surface area contributed by atoms with Crippen LogP contribution in [0.25, 0.3) is 22.6 Å². The molecule has 1 aromatic rings. The van der Waals surface area contributed by atoms with E-state index in [4.69, 9.17) is 14.3 Å². The SMILES string of the molecule is CN(CC(=O)O)C(=O)Oc1c2oc3ccccc3nc-2ccc1=O. The number of carboxylic acids is 1. The number of aromatic nitrogens is 1. The number of carboxylic acid groups (broad SMARTS) is 1. The second-order valence-electron chi connectivity index (χ2n) is 5.04. The largest absolute Gasteiger partial charge is 0.480 e. The first kappa shape index (κ1) is 15.5. The molecule has 1 heterocycles. The number of nitrogens with zero attached hydrogens (tertiary/aromatic N) is 2. The van der Waals surface area contributed by atoms with E-state index in [1.165, 1.54) is 19.2 Å². The van der Waals surface area contributed by atoms with E-state index in [0.717, 1.165) is 4.90 Å². The first-order chi connectivity index (χ1) is 11.5. The maximum atomic E-state index is 12.0. The van der Waals surface area contributed by atoms with Crippen LogP contribution in [-0.4, -0.2) is 40.6 Å². The summed E-state index contributed by atoms with van der Waals surface area (Å²) in [7, 11) is 1.25. The molecule has 1 aliphatic heterocycles. The lowest BCUT2D eigenvalue weighted by atomic mass is 10.2. The molecule has 1 N–H and O–H groups in total. The zero-order chi connectivity index (χ0) is 17.3. The fraction of sp³-hybridized carbons (Fsp3) is 0.125. The number of carbonyl (C=O) groups excluding carboxylic acids is 1. The number of para-hydroxylation sites is 2. The molecule has 0 unspecified atom stereocenters. The number of hydrogen-bond acceptors (Lipinski definition) is 6. The van der Waals surface area contributed by atoms with Crippen molar-refractivity contribution in [2.75, 3.05) is 13.6 Å². The van der Waals surface area contributed by atoms with Crippen LogP contribution in [-0.2, 0) is 4.79 Å². The molecular formula is C16H12N2O6. The van der Waals surface area contributed by atoms with Gasteiger partial charge in [0.15, 0.2) is 11.3 Å². The van der Waals surface area contributed by atoms with E-state index >= 15 is 0 Å². The Hall–Kier alpha value is -3.42. The molecule has 0 aromatic heterocycles. The third-order valence-corrected chi connectivity index (χ3v) is 3.25. The van der Waals surface area contributed by atoms with E-state index in [1.54, 1.807) is 24.3 Å². The molecule has 122 valence electrons. The molecule has 3 rings (SSSR count). The monoisotopic (exact) mass is 328 g/mol. The van der Waals surface area contributed by atoms with Gasteiger partial charge in [0.25, 0.3) is 0 Å². The molecule has 0 saturated heterocycles. The topological polar surface area (TPSA) is 110 Å². The Morgan fingerprint density at radius 3 is 2.75 bits per heavy atom. The van der Waals surface area contributed by atoms with Gasteiger partial charge in [-0.2, -0.15) is 0 Å². The molecular weight excluding hydrogens is 316 g/mol. The number of rotatable bonds is 3. The molecule has 8 nitrogen and oxygen atoms in total. The lowest BCUT2D eigenvalue weighted by Crippen LogP contribution is -2.35. The Morgan fingerprint density at radius 1 is 1.25 bits per heavy atom. The van der Waals surface area contributed by atoms with Crippen molar-refractivity contribution >= 4 is 23.2 Å². The minimum atomic E-state index is -1.20. The molecule has 0 bridgehead atoms. The fourth-order valence-corrected chi connectivity index (χ4v) is 2.13.